The predicted molar refractivity (Wildman–Crippen MR) is 158 cm³/mol. The summed E-state index contributed by atoms with van der Waals surface area (Å²) >= 11 is 1.50. The van der Waals surface area contributed by atoms with E-state index in [1.165, 1.54) is 17.8 Å². The number of carbonyl (C=O) groups is 1. The SMILES string of the molecule is CC1CCN(Cc2ccc(NC(=O)CCSc3ccc4c(/C=C/c5ccccn5)n[nH]c4c3)cc2C(F)(F)F)CC1. The Morgan fingerprint density at radius 3 is 2.71 bits per heavy atom. The number of halogens is 3. The number of aromatic amines is 1. The first kappa shape index (κ1) is 28.9. The van der Waals surface area contributed by atoms with Gasteiger partial charge >= 0.3 is 6.18 Å². The molecule has 0 saturated carbocycles. The lowest BCUT2D eigenvalue weighted by atomic mass is 9.98. The third-order valence-corrected chi connectivity index (χ3v) is 8.23. The lowest BCUT2D eigenvalue weighted by Gasteiger charge is -2.31. The molecule has 2 aromatic heterocycles. The van der Waals surface area contributed by atoms with Crippen molar-refractivity contribution in [2.75, 3.05) is 24.2 Å². The topological polar surface area (TPSA) is 73.9 Å². The molecule has 41 heavy (non-hydrogen) atoms. The minimum Gasteiger partial charge on any atom is -0.326 e. The molecule has 5 rings (SSSR count). The third-order valence-electron chi connectivity index (χ3n) is 7.23. The van der Waals surface area contributed by atoms with Crippen molar-refractivity contribution in [2.45, 2.75) is 43.8 Å². The van der Waals surface area contributed by atoms with Gasteiger partial charge in [-0.3, -0.25) is 19.8 Å². The molecule has 214 valence electrons. The number of hydrogen-bond donors (Lipinski definition) is 2. The van der Waals surface area contributed by atoms with E-state index in [9.17, 15) is 18.0 Å². The molecule has 2 N–H and O–H groups in total. The number of thioether (sulfide) groups is 1. The molecule has 1 aliphatic heterocycles. The lowest BCUT2D eigenvalue weighted by Crippen LogP contribution is -2.33. The van der Waals surface area contributed by atoms with E-state index >= 15 is 0 Å². The second kappa shape index (κ2) is 12.9. The summed E-state index contributed by atoms with van der Waals surface area (Å²) in [7, 11) is 0. The highest BCUT2D eigenvalue weighted by Crippen LogP contribution is 2.35. The summed E-state index contributed by atoms with van der Waals surface area (Å²) in [5, 5.41) is 11.0. The van der Waals surface area contributed by atoms with Crippen LogP contribution in [0.2, 0.25) is 0 Å². The van der Waals surface area contributed by atoms with Gasteiger partial charge in [0.25, 0.3) is 0 Å². The van der Waals surface area contributed by atoms with E-state index in [4.69, 9.17) is 0 Å². The molecule has 6 nitrogen and oxygen atoms in total. The van der Waals surface area contributed by atoms with E-state index in [1.807, 2.05) is 48.6 Å². The molecular weight excluding hydrogens is 547 g/mol. The van der Waals surface area contributed by atoms with Gasteiger partial charge in [0.15, 0.2) is 0 Å². The average Bonchev–Trinajstić information content (AvgIpc) is 3.36. The van der Waals surface area contributed by atoms with Crippen LogP contribution in [0.3, 0.4) is 0 Å². The van der Waals surface area contributed by atoms with Gasteiger partial charge in [-0.25, -0.2) is 0 Å². The van der Waals surface area contributed by atoms with Gasteiger partial charge in [0, 0.05) is 40.9 Å². The van der Waals surface area contributed by atoms with Gasteiger partial charge in [0.2, 0.25) is 5.91 Å². The number of carbonyl (C=O) groups excluding carboxylic acids is 1. The maximum Gasteiger partial charge on any atom is 0.416 e. The molecule has 0 radical (unpaired) electrons. The van der Waals surface area contributed by atoms with E-state index in [-0.39, 0.29) is 30.1 Å². The van der Waals surface area contributed by atoms with Crippen LogP contribution in [-0.2, 0) is 17.5 Å². The van der Waals surface area contributed by atoms with E-state index in [2.05, 4.69) is 32.3 Å². The van der Waals surface area contributed by atoms with Crippen molar-refractivity contribution in [3.05, 3.63) is 83.3 Å². The molecule has 1 amide bonds. The zero-order valence-electron chi connectivity index (χ0n) is 22.7. The van der Waals surface area contributed by atoms with Gasteiger partial charge < -0.3 is 5.32 Å². The van der Waals surface area contributed by atoms with Gasteiger partial charge in [-0.15, -0.1) is 11.8 Å². The molecule has 1 fully saturated rings. The van der Waals surface area contributed by atoms with Crippen LogP contribution in [0.5, 0.6) is 0 Å². The Morgan fingerprint density at radius 1 is 1.12 bits per heavy atom. The van der Waals surface area contributed by atoms with Crippen LogP contribution < -0.4 is 5.32 Å². The molecule has 0 spiro atoms. The van der Waals surface area contributed by atoms with Crippen molar-refractivity contribution < 1.29 is 18.0 Å². The number of pyridine rings is 1. The summed E-state index contributed by atoms with van der Waals surface area (Å²) in [4.78, 5) is 19.9. The van der Waals surface area contributed by atoms with Crippen LogP contribution in [0.1, 0.15) is 48.7 Å². The van der Waals surface area contributed by atoms with Crippen molar-refractivity contribution >= 4 is 46.4 Å². The standard InChI is InChI=1S/C31H32F3N5OS/c1-21-11-15-39(16-12-21)20-22-5-6-24(18-27(22)31(32,33)34)36-30(40)13-17-41-25-8-9-26-28(37-38-29(26)19-25)10-7-23-4-2-3-14-35-23/h2-10,14,18-19,21H,11-13,15-17,20H2,1H3,(H,36,40)(H,37,38)/b10-7+. The van der Waals surface area contributed by atoms with E-state index in [0.29, 0.717) is 11.7 Å². The molecule has 3 heterocycles. The minimum atomic E-state index is -4.49. The number of hydrogen-bond acceptors (Lipinski definition) is 5. The first-order valence-electron chi connectivity index (χ1n) is 13.7. The number of rotatable bonds is 9. The number of alkyl halides is 3. The molecular formula is C31H32F3N5OS. The maximum absolute atomic E-state index is 13.9. The fraction of sp³-hybridized carbons (Fsp3) is 0.323. The van der Waals surface area contributed by atoms with Crippen molar-refractivity contribution in [3.8, 4) is 0 Å². The number of amides is 1. The summed E-state index contributed by atoms with van der Waals surface area (Å²) in [5.41, 5.74) is 2.23. The number of nitrogens with one attached hydrogen (secondary N) is 2. The Labute approximate surface area is 241 Å². The Kier molecular flexibility index (Phi) is 9.09. The fourth-order valence-electron chi connectivity index (χ4n) is 4.88. The van der Waals surface area contributed by atoms with Crippen LogP contribution in [-0.4, -0.2) is 44.8 Å². The molecule has 1 saturated heterocycles. The third kappa shape index (κ3) is 7.77. The number of benzene rings is 2. The zero-order chi connectivity index (χ0) is 28.8. The Hall–Kier alpha value is -3.63. The minimum absolute atomic E-state index is 0.161. The number of likely N-dealkylation sites (tertiary alicyclic amines) is 1. The highest BCUT2D eigenvalue weighted by atomic mass is 32.2. The number of nitrogens with zero attached hydrogens (tertiary/aromatic N) is 3. The van der Waals surface area contributed by atoms with Crippen molar-refractivity contribution in [1.82, 2.24) is 20.1 Å². The van der Waals surface area contributed by atoms with Crippen molar-refractivity contribution in [2.24, 2.45) is 5.92 Å². The molecule has 0 atom stereocenters. The molecule has 0 bridgehead atoms. The normalized spacial score (nSPS) is 15.1. The van der Waals surface area contributed by atoms with Crippen molar-refractivity contribution in [1.29, 1.82) is 0 Å². The number of anilines is 1. The second-order valence-electron chi connectivity index (χ2n) is 10.4. The van der Waals surface area contributed by atoms with Gasteiger partial charge in [-0.05, 0) is 92.0 Å². The monoisotopic (exact) mass is 579 g/mol. The predicted octanol–water partition coefficient (Wildman–Crippen LogP) is 7.50. The van der Waals surface area contributed by atoms with E-state index in [1.54, 1.807) is 12.3 Å². The maximum atomic E-state index is 13.9. The number of aromatic nitrogens is 3. The molecule has 2 aromatic carbocycles. The highest BCUT2D eigenvalue weighted by molar-refractivity contribution is 7.99. The van der Waals surface area contributed by atoms with Gasteiger partial charge in [-0.2, -0.15) is 18.3 Å². The zero-order valence-corrected chi connectivity index (χ0v) is 23.6. The van der Waals surface area contributed by atoms with Crippen LogP contribution >= 0.6 is 11.8 Å². The second-order valence-corrected chi connectivity index (χ2v) is 11.5. The smallest absolute Gasteiger partial charge is 0.326 e. The first-order valence-corrected chi connectivity index (χ1v) is 14.7. The summed E-state index contributed by atoms with van der Waals surface area (Å²) < 4.78 is 41.6. The summed E-state index contributed by atoms with van der Waals surface area (Å²) in [6, 6.07) is 15.7. The molecule has 4 aromatic rings. The van der Waals surface area contributed by atoms with Gasteiger partial charge in [0.1, 0.15) is 0 Å². The van der Waals surface area contributed by atoms with Gasteiger partial charge in [-0.1, -0.05) is 19.1 Å². The summed E-state index contributed by atoms with van der Waals surface area (Å²) in [6.07, 6.45) is 3.20. The summed E-state index contributed by atoms with van der Waals surface area (Å²) in [5.74, 6) is 0.763. The summed E-state index contributed by atoms with van der Waals surface area (Å²) in [6.45, 7) is 4.03. The number of fused-ring (bicyclic) bond motifs is 1. The fourth-order valence-corrected chi connectivity index (χ4v) is 5.77. The van der Waals surface area contributed by atoms with Crippen molar-refractivity contribution in [3.63, 3.8) is 0 Å². The first-order chi connectivity index (χ1) is 19.7. The Balaban J connectivity index is 1.15. The van der Waals surface area contributed by atoms with Crippen LogP contribution in [0.15, 0.2) is 65.7 Å². The van der Waals surface area contributed by atoms with Crippen LogP contribution in [0.4, 0.5) is 18.9 Å². The molecule has 0 aliphatic carbocycles. The molecule has 1 aliphatic rings. The quantitative estimate of drug-likeness (QED) is 0.201. The highest BCUT2D eigenvalue weighted by Gasteiger charge is 2.34. The van der Waals surface area contributed by atoms with Crippen LogP contribution in [0.25, 0.3) is 23.1 Å². The molecule has 10 heteroatoms. The largest absolute Gasteiger partial charge is 0.416 e. The lowest BCUT2D eigenvalue weighted by molar-refractivity contribution is -0.138. The Bertz CT molecular complexity index is 1510. The van der Waals surface area contributed by atoms with Gasteiger partial charge in [0.05, 0.1) is 22.5 Å². The van der Waals surface area contributed by atoms with E-state index < -0.39 is 11.7 Å². The van der Waals surface area contributed by atoms with E-state index in [0.717, 1.165) is 59.2 Å². The Morgan fingerprint density at radius 2 is 1.95 bits per heavy atom. The number of H-pyrrole nitrogens is 1. The molecule has 0 unspecified atom stereocenters. The van der Waals surface area contributed by atoms with Crippen LogP contribution in [0, 0.1) is 5.92 Å². The number of piperidine rings is 1. The average molecular weight is 580 g/mol.